The summed E-state index contributed by atoms with van der Waals surface area (Å²) in [5, 5.41) is 9.39. The number of ether oxygens (including phenoxy) is 2. The molecule has 0 bridgehead atoms. The molecule has 0 aliphatic heterocycles. The highest BCUT2D eigenvalue weighted by molar-refractivity contribution is 5.89. The van der Waals surface area contributed by atoms with Crippen molar-refractivity contribution in [1.82, 2.24) is 9.97 Å². The van der Waals surface area contributed by atoms with Gasteiger partial charge < -0.3 is 14.6 Å². The fourth-order valence-corrected chi connectivity index (χ4v) is 0.974. The van der Waals surface area contributed by atoms with Crippen LogP contribution >= 0.6 is 0 Å². The van der Waals surface area contributed by atoms with Crippen molar-refractivity contribution < 1.29 is 19.4 Å². The van der Waals surface area contributed by atoms with E-state index < -0.39 is 5.97 Å². The molecule has 0 saturated heterocycles. The van der Waals surface area contributed by atoms with Crippen LogP contribution in [0.1, 0.15) is 23.0 Å². The number of hydrogen-bond donors (Lipinski definition) is 1. The summed E-state index contributed by atoms with van der Waals surface area (Å²) < 4.78 is 9.50. The van der Waals surface area contributed by atoms with Crippen LogP contribution in [0.25, 0.3) is 0 Å². The van der Waals surface area contributed by atoms with E-state index in [0.717, 1.165) is 0 Å². The Hall–Kier alpha value is -1.85. The van der Waals surface area contributed by atoms with Crippen LogP contribution in [0.5, 0.6) is 11.9 Å². The minimum Gasteiger partial charge on any atom is -0.493 e. The van der Waals surface area contributed by atoms with Gasteiger partial charge in [-0.2, -0.15) is 9.97 Å². The average molecular weight is 212 g/mol. The minimum atomic E-state index is -0.606. The number of rotatable bonds is 3. The van der Waals surface area contributed by atoms with Crippen molar-refractivity contribution in [3.05, 3.63) is 11.3 Å². The molecule has 1 aromatic rings. The van der Waals surface area contributed by atoms with Crippen LogP contribution in [-0.4, -0.2) is 34.8 Å². The van der Waals surface area contributed by atoms with Crippen molar-refractivity contribution in [2.75, 3.05) is 13.7 Å². The summed E-state index contributed by atoms with van der Waals surface area (Å²) >= 11 is 0. The van der Waals surface area contributed by atoms with E-state index in [1.165, 1.54) is 14.0 Å². The number of aromatic hydroxyl groups is 1. The number of nitrogens with zero attached hydrogens (tertiary/aromatic N) is 2. The molecule has 1 N–H and O–H groups in total. The van der Waals surface area contributed by atoms with Crippen LogP contribution in [-0.2, 0) is 4.74 Å². The van der Waals surface area contributed by atoms with Gasteiger partial charge in [0.05, 0.1) is 13.7 Å². The van der Waals surface area contributed by atoms with Gasteiger partial charge in [0.1, 0.15) is 0 Å². The fraction of sp³-hybridized carbons (Fsp3) is 0.444. The molecule has 0 atom stereocenters. The van der Waals surface area contributed by atoms with E-state index in [1.807, 2.05) is 0 Å². The van der Waals surface area contributed by atoms with Crippen molar-refractivity contribution in [3.63, 3.8) is 0 Å². The van der Waals surface area contributed by atoms with Crippen molar-refractivity contribution in [1.29, 1.82) is 0 Å². The minimum absolute atomic E-state index is 0.0150. The molecule has 0 saturated carbocycles. The molecule has 0 amide bonds. The van der Waals surface area contributed by atoms with E-state index in [9.17, 15) is 9.90 Å². The van der Waals surface area contributed by atoms with Gasteiger partial charge in [-0.1, -0.05) is 0 Å². The predicted molar refractivity (Wildman–Crippen MR) is 50.9 cm³/mol. The van der Waals surface area contributed by atoms with Gasteiger partial charge in [0.2, 0.25) is 5.88 Å². The molecule has 1 heterocycles. The molecule has 0 radical (unpaired) electrons. The summed E-state index contributed by atoms with van der Waals surface area (Å²) in [4.78, 5) is 18.8. The normalized spacial score (nSPS) is 9.80. The predicted octanol–water partition coefficient (Wildman–Crippen LogP) is 0.676. The maximum Gasteiger partial charge on any atom is 0.357 e. The smallest absolute Gasteiger partial charge is 0.357 e. The van der Waals surface area contributed by atoms with Gasteiger partial charge in [-0.25, -0.2) is 4.79 Å². The molecule has 0 aromatic carbocycles. The largest absolute Gasteiger partial charge is 0.493 e. The number of hydrogen-bond acceptors (Lipinski definition) is 6. The Morgan fingerprint density at radius 3 is 2.67 bits per heavy atom. The Bertz CT molecular complexity index is 379. The molecule has 0 aliphatic carbocycles. The van der Waals surface area contributed by atoms with Gasteiger partial charge in [-0.05, 0) is 13.8 Å². The van der Waals surface area contributed by atoms with E-state index in [4.69, 9.17) is 9.47 Å². The van der Waals surface area contributed by atoms with Gasteiger partial charge in [-0.3, -0.25) is 0 Å². The summed E-state index contributed by atoms with van der Waals surface area (Å²) in [7, 11) is 1.35. The van der Waals surface area contributed by atoms with Gasteiger partial charge in [0, 0.05) is 5.56 Å². The summed E-state index contributed by atoms with van der Waals surface area (Å²) in [5.41, 5.74) is 0.287. The Balaban J connectivity index is 3.15. The maximum absolute atomic E-state index is 11.4. The lowest BCUT2D eigenvalue weighted by atomic mass is 10.2. The summed E-state index contributed by atoms with van der Waals surface area (Å²) in [6.07, 6.45) is 0. The lowest BCUT2D eigenvalue weighted by Crippen LogP contribution is -2.11. The highest BCUT2D eigenvalue weighted by atomic mass is 16.5. The zero-order valence-corrected chi connectivity index (χ0v) is 8.77. The highest BCUT2D eigenvalue weighted by Gasteiger charge is 2.17. The molecule has 6 heteroatoms. The number of esters is 1. The lowest BCUT2D eigenvalue weighted by molar-refractivity contribution is 0.0516. The zero-order valence-electron chi connectivity index (χ0n) is 8.77. The third-order valence-corrected chi connectivity index (χ3v) is 1.75. The van der Waals surface area contributed by atoms with E-state index in [-0.39, 0.29) is 29.8 Å². The first kappa shape index (κ1) is 11.2. The van der Waals surface area contributed by atoms with Crippen molar-refractivity contribution in [3.8, 4) is 11.9 Å². The third kappa shape index (κ3) is 2.34. The molecule has 6 nitrogen and oxygen atoms in total. The second kappa shape index (κ2) is 4.59. The zero-order chi connectivity index (χ0) is 11.4. The molecular formula is C9H12N2O4. The Labute approximate surface area is 86.9 Å². The van der Waals surface area contributed by atoms with Gasteiger partial charge in [0.15, 0.2) is 5.69 Å². The number of carbonyl (C=O) groups is 1. The Morgan fingerprint density at radius 2 is 2.13 bits per heavy atom. The molecule has 1 rings (SSSR count). The second-order valence-electron chi connectivity index (χ2n) is 2.73. The summed E-state index contributed by atoms with van der Waals surface area (Å²) in [6, 6.07) is -0.0684. The Kier molecular flexibility index (Phi) is 3.43. The highest BCUT2D eigenvalue weighted by Crippen LogP contribution is 2.19. The second-order valence-corrected chi connectivity index (χ2v) is 2.73. The van der Waals surface area contributed by atoms with E-state index in [0.29, 0.717) is 0 Å². The average Bonchev–Trinajstić information content (AvgIpc) is 2.22. The molecule has 1 aromatic heterocycles. The molecule has 0 fully saturated rings. The standard InChI is InChI=1S/C9H12N2O4/c1-4-15-8(13)6-5(2)7(12)11-9(10-6)14-3/h4H2,1-3H3,(H,10,11,12). The quantitative estimate of drug-likeness (QED) is 0.742. The van der Waals surface area contributed by atoms with Gasteiger partial charge in [-0.15, -0.1) is 0 Å². The number of carbonyl (C=O) groups excluding carboxylic acids is 1. The van der Waals surface area contributed by atoms with Crippen LogP contribution in [0.3, 0.4) is 0 Å². The fourth-order valence-electron chi connectivity index (χ4n) is 0.974. The first-order valence-corrected chi connectivity index (χ1v) is 4.38. The number of methoxy groups -OCH3 is 1. The number of aromatic nitrogens is 2. The SMILES string of the molecule is CCOC(=O)c1nc(OC)nc(O)c1C. The van der Waals surface area contributed by atoms with E-state index >= 15 is 0 Å². The first-order chi connectivity index (χ1) is 7.10. The van der Waals surface area contributed by atoms with Gasteiger partial charge in [0.25, 0.3) is 0 Å². The Morgan fingerprint density at radius 1 is 1.47 bits per heavy atom. The van der Waals surface area contributed by atoms with E-state index in [2.05, 4.69) is 9.97 Å². The molecule has 0 unspecified atom stereocenters. The monoisotopic (exact) mass is 212 g/mol. The maximum atomic E-state index is 11.4. The summed E-state index contributed by atoms with van der Waals surface area (Å²) in [5.74, 6) is -0.893. The van der Waals surface area contributed by atoms with Crippen LogP contribution in [0.15, 0.2) is 0 Å². The van der Waals surface area contributed by atoms with Crippen LogP contribution in [0.2, 0.25) is 0 Å². The van der Waals surface area contributed by atoms with E-state index in [1.54, 1.807) is 6.92 Å². The third-order valence-electron chi connectivity index (χ3n) is 1.75. The topological polar surface area (TPSA) is 81.5 Å². The molecule has 15 heavy (non-hydrogen) atoms. The lowest BCUT2D eigenvalue weighted by Gasteiger charge is -2.06. The molecule has 82 valence electrons. The first-order valence-electron chi connectivity index (χ1n) is 4.38. The van der Waals surface area contributed by atoms with Crippen LogP contribution in [0, 0.1) is 6.92 Å². The molecule has 0 spiro atoms. The van der Waals surface area contributed by atoms with Crippen molar-refractivity contribution in [2.45, 2.75) is 13.8 Å². The molecule has 0 aliphatic rings. The van der Waals surface area contributed by atoms with Crippen LogP contribution in [0.4, 0.5) is 0 Å². The van der Waals surface area contributed by atoms with Gasteiger partial charge >= 0.3 is 12.0 Å². The van der Waals surface area contributed by atoms with Crippen LogP contribution < -0.4 is 4.74 Å². The molecular weight excluding hydrogens is 200 g/mol. The van der Waals surface area contributed by atoms with Crippen molar-refractivity contribution >= 4 is 5.97 Å². The van der Waals surface area contributed by atoms with Crippen molar-refractivity contribution in [2.24, 2.45) is 0 Å². The summed E-state index contributed by atoms with van der Waals surface area (Å²) in [6.45, 7) is 3.46.